The molecule has 1 rings (SSSR count). The van der Waals surface area contributed by atoms with Crippen molar-refractivity contribution < 1.29 is 33.3 Å². The summed E-state index contributed by atoms with van der Waals surface area (Å²) in [5.41, 5.74) is -0.714. The zero-order chi connectivity index (χ0) is 15.3. The van der Waals surface area contributed by atoms with Crippen LogP contribution >= 0.6 is 11.6 Å². The number of Topliss-reactive ketones (excluding diaryl/α,β-unsaturated/α-hetero) is 1. The van der Waals surface area contributed by atoms with Gasteiger partial charge in [-0.1, -0.05) is 12.1 Å². The first kappa shape index (κ1) is 16.3. The number of aliphatic hydroxyl groups excluding tert-OH is 1. The number of ketones is 1. The molecule has 0 aliphatic rings. The normalized spacial score (nSPS) is 12.2. The highest BCUT2D eigenvalue weighted by Crippen LogP contribution is 2.31. The van der Waals surface area contributed by atoms with E-state index in [1.165, 1.54) is 12.1 Å². The molecule has 0 bridgehead atoms. The fourth-order valence-electron chi connectivity index (χ4n) is 1.61. The van der Waals surface area contributed by atoms with Gasteiger partial charge in [-0.15, -0.1) is 11.6 Å². The van der Waals surface area contributed by atoms with Gasteiger partial charge in [-0.05, 0) is 6.07 Å². The maximum Gasteiger partial charge on any atom is 0.387 e. The summed E-state index contributed by atoms with van der Waals surface area (Å²) in [6.45, 7) is -3.21. The highest BCUT2D eigenvalue weighted by Gasteiger charge is 2.27. The van der Waals surface area contributed by atoms with Gasteiger partial charge >= 0.3 is 12.6 Å². The molecule has 0 heterocycles. The molecule has 0 aliphatic heterocycles. The molecule has 8 heteroatoms. The van der Waals surface area contributed by atoms with Crippen molar-refractivity contribution >= 4 is 23.4 Å². The first-order valence-electron chi connectivity index (χ1n) is 5.46. The Balaban J connectivity index is 3.35. The van der Waals surface area contributed by atoms with E-state index in [0.717, 1.165) is 6.07 Å². The van der Waals surface area contributed by atoms with Crippen LogP contribution in [0.1, 0.15) is 28.4 Å². The first-order chi connectivity index (χ1) is 9.38. The van der Waals surface area contributed by atoms with Crippen LogP contribution in [0.3, 0.4) is 0 Å². The van der Waals surface area contributed by atoms with E-state index in [1.54, 1.807) is 0 Å². The van der Waals surface area contributed by atoms with Crippen LogP contribution in [-0.2, 0) is 4.79 Å². The lowest BCUT2D eigenvalue weighted by molar-refractivity contribution is -0.147. The Kier molecular flexibility index (Phi) is 5.84. The van der Waals surface area contributed by atoms with Gasteiger partial charge < -0.3 is 14.9 Å². The van der Waals surface area contributed by atoms with Crippen molar-refractivity contribution in [3.63, 3.8) is 0 Å². The number of aliphatic hydroxyl groups is 1. The third-order valence-electron chi connectivity index (χ3n) is 2.41. The van der Waals surface area contributed by atoms with Gasteiger partial charge in [0.15, 0.2) is 11.9 Å². The molecule has 1 aromatic rings. The molecule has 1 atom stereocenters. The maximum absolute atomic E-state index is 12.3. The minimum absolute atomic E-state index is 0.0264. The fraction of sp³-hybridized carbons (Fsp3) is 0.333. The van der Waals surface area contributed by atoms with Crippen molar-refractivity contribution in [1.29, 1.82) is 0 Å². The molecule has 0 saturated heterocycles. The molecule has 20 heavy (non-hydrogen) atoms. The van der Waals surface area contributed by atoms with E-state index in [0.29, 0.717) is 0 Å². The number of halogens is 3. The van der Waals surface area contributed by atoms with Crippen molar-refractivity contribution in [2.24, 2.45) is 0 Å². The SMILES string of the molecule is O=C(CCCl)c1cccc(OC(F)F)c1C(O)C(=O)O. The zero-order valence-corrected chi connectivity index (χ0v) is 10.8. The fourth-order valence-corrected chi connectivity index (χ4v) is 1.78. The highest BCUT2D eigenvalue weighted by molar-refractivity contribution is 6.19. The molecule has 0 spiro atoms. The molecule has 0 saturated carbocycles. The molecular weight excluding hydrogens is 298 g/mol. The molecule has 1 unspecified atom stereocenters. The summed E-state index contributed by atoms with van der Waals surface area (Å²) < 4.78 is 28.7. The molecule has 0 radical (unpaired) electrons. The van der Waals surface area contributed by atoms with Crippen molar-refractivity contribution in [2.45, 2.75) is 19.1 Å². The lowest BCUT2D eigenvalue weighted by Crippen LogP contribution is -2.18. The van der Waals surface area contributed by atoms with Crippen molar-refractivity contribution in [3.05, 3.63) is 29.3 Å². The van der Waals surface area contributed by atoms with Crippen LogP contribution in [0.4, 0.5) is 8.78 Å². The van der Waals surface area contributed by atoms with Crippen LogP contribution in [0.15, 0.2) is 18.2 Å². The third kappa shape index (κ3) is 3.88. The lowest BCUT2D eigenvalue weighted by atomic mass is 9.97. The van der Waals surface area contributed by atoms with Crippen molar-refractivity contribution in [3.8, 4) is 5.75 Å². The first-order valence-corrected chi connectivity index (χ1v) is 5.99. The van der Waals surface area contributed by atoms with Crippen molar-refractivity contribution in [1.82, 2.24) is 0 Å². The Morgan fingerprint density at radius 1 is 1.35 bits per heavy atom. The summed E-state index contributed by atoms with van der Waals surface area (Å²) >= 11 is 5.41. The largest absolute Gasteiger partial charge is 0.479 e. The maximum atomic E-state index is 12.3. The van der Waals surface area contributed by atoms with Gasteiger partial charge in [0, 0.05) is 23.4 Å². The van der Waals surface area contributed by atoms with Gasteiger partial charge in [-0.2, -0.15) is 8.78 Å². The van der Waals surface area contributed by atoms with Crippen LogP contribution < -0.4 is 4.74 Å². The zero-order valence-electron chi connectivity index (χ0n) is 10.1. The lowest BCUT2D eigenvalue weighted by Gasteiger charge is -2.16. The molecule has 0 aliphatic carbocycles. The number of carbonyl (C=O) groups is 2. The summed E-state index contributed by atoms with van der Waals surface area (Å²) in [6.07, 6.45) is -2.28. The van der Waals surface area contributed by atoms with E-state index in [-0.39, 0.29) is 17.9 Å². The number of carboxylic acid groups (broad SMARTS) is 1. The van der Waals surface area contributed by atoms with Gasteiger partial charge in [0.25, 0.3) is 0 Å². The van der Waals surface area contributed by atoms with E-state index in [9.17, 15) is 23.5 Å². The molecule has 1 aromatic carbocycles. The van der Waals surface area contributed by atoms with Crippen LogP contribution in [0.5, 0.6) is 5.75 Å². The number of benzene rings is 1. The molecule has 0 amide bonds. The Hall–Kier alpha value is -1.73. The van der Waals surface area contributed by atoms with Crippen LogP contribution in [0.25, 0.3) is 0 Å². The van der Waals surface area contributed by atoms with E-state index >= 15 is 0 Å². The van der Waals surface area contributed by atoms with Gasteiger partial charge in [-0.25, -0.2) is 4.79 Å². The molecule has 5 nitrogen and oxygen atoms in total. The third-order valence-corrected chi connectivity index (χ3v) is 2.60. The number of aliphatic carboxylic acids is 1. The Morgan fingerprint density at radius 2 is 2.00 bits per heavy atom. The minimum Gasteiger partial charge on any atom is -0.479 e. The van der Waals surface area contributed by atoms with E-state index in [1.807, 2.05) is 0 Å². The monoisotopic (exact) mass is 308 g/mol. The Labute approximate surface area is 117 Å². The minimum atomic E-state index is -3.21. The summed E-state index contributed by atoms with van der Waals surface area (Å²) in [7, 11) is 0. The smallest absolute Gasteiger partial charge is 0.387 e. The summed E-state index contributed by atoms with van der Waals surface area (Å²) in [6, 6.07) is 3.51. The predicted molar refractivity (Wildman–Crippen MR) is 65.3 cm³/mol. The summed E-state index contributed by atoms with van der Waals surface area (Å²) in [5.74, 6) is -2.85. The Morgan fingerprint density at radius 3 is 2.50 bits per heavy atom. The number of ether oxygens (including phenoxy) is 1. The van der Waals surface area contributed by atoms with E-state index in [2.05, 4.69) is 4.74 Å². The van der Waals surface area contributed by atoms with E-state index < -0.39 is 35.8 Å². The van der Waals surface area contributed by atoms with Crippen LogP contribution in [0.2, 0.25) is 0 Å². The Bertz CT molecular complexity index is 507. The van der Waals surface area contributed by atoms with Crippen molar-refractivity contribution in [2.75, 3.05) is 5.88 Å². The van der Waals surface area contributed by atoms with Gasteiger partial charge in [0.2, 0.25) is 0 Å². The summed E-state index contributed by atoms with van der Waals surface area (Å²) in [5, 5.41) is 18.4. The molecule has 0 fully saturated rings. The second kappa shape index (κ2) is 7.16. The molecule has 110 valence electrons. The molecule has 0 aromatic heterocycles. The quantitative estimate of drug-likeness (QED) is 0.596. The average molecular weight is 309 g/mol. The van der Waals surface area contributed by atoms with Gasteiger partial charge in [0.1, 0.15) is 5.75 Å². The molecular formula is C12H11ClF2O5. The van der Waals surface area contributed by atoms with Gasteiger partial charge in [0.05, 0.1) is 0 Å². The predicted octanol–water partition coefficient (Wildman–Crippen LogP) is 2.22. The van der Waals surface area contributed by atoms with Gasteiger partial charge in [-0.3, -0.25) is 4.79 Å². The topological polar surface area (TPSA) is 83.8 Å². The number of hydrogen-bond donors (Lipinski definition) is 2. The number of rotatable bonds is 7. The number of carboxylic acids is 1. The van der Waals surface area contributed by atoms with E-state index in [4.69, 9.17) is 16.7 Å². The second-order valence-corrected chi connectivity index (χ2v) is 4.08. The molecule has 2 N–H and O–H groups in total. The number of hydrogen-bond acceptors (Lipinski definition) is 4. The highest BCUT2D eigenvalue weighted by atomic mass is 35.5. The average Bonchev–Trinajstić information content (AvgIpc) is 2.37. The number of alkyl halides is 3. The summed E-state index contributed by atoms with van der Waals surface area (Å²) in [4.78, 5) is 22.6. The van der Waals surface area contributed by atoms with Crippen LogP contribution in [0, 0.1) is 0 Å². The second-order valence-electron chi connectivity index (χ2n) is 3.70. The standard InChI is InChI=1S/C12H11ClF2O5/c13-5-4-7(16)6-2-1-3-8(20-12(14)15)9(6)10(17)11(18)19/h1-3,10,12,17H,4-5H2,(H,18,19). The number of carbonyl (C=O) groups excluding carboxylic acids is 1. The van der Waals surface area contributed by atoms with Crippen LogP contribution in [-0.4, -0.2) is 34.5 Å².